The van der Waals surface area contributed by atoms with Crippen LogP contribution in [0.15, 0.2) is 36.4 Å². The fourth-order valence-electron chi connectivity index (χ4n) is 4.83. The van der Waals surface area contributed by atoms with E-state index in [1.165, 1.54) is 19.4 Å². The van der Waals surface area contributed by atoms with E-state index >= 15 is 0 Å². The molecule has 2 N–H and O–H groups in total. The molecule has 3 aromatic rings. The van der Waals surface area contributed by atoms with Crippen LogP contribution in [0.5, 0.6) is 11.5 Å². The van der Waals surface area contributed by atoms with Crippen molar-refractivity contribution in [1.82, 2.24) is 20.4 Å². The van der Waals surface area contributed by atoms with Gasteiger partial charge in [-0.05, 0) is 55.5 Å². The number of ether oxygens (including phenoxy) is 2. The third-order valence-corrected chi connectivity index (χ3v) is 6.93. The minimum Gasteiger partial charge on any atom is -0.494 e. The zero-order valence-electron chi connectivity index (χ0n) is 19.4. The smallest absolute Gasteiger partial charge is 0.257 e. The molecule has 2 aliphatic heterocycles. The van der Waals surface area contributed by atoms with Crippen LogP contribution in [0, 0.1) is 5.92 Å². The molecule has 1 amide bonds. The molecule has 8 heteroatoms. The monoisotopic (exact) mass is 461 g/mol. The number of nitrogens with zero attached hydrogens (tertiary/aromatic N) is 3. The summed E-state index contributed by atoms with van der Waals surface area (Å²) in [4.78, 5) is 17.3. The number of aromatic nitrogens is 2. The number of aromatic amines is 1. The van der Waals surface area contributed by atoms with Crippen LogP contribution in [-0.4, -0.2) is 73.5 Å². The van der Waals surface area contributed by atoms with Gasteiger partial charge in [0.2, 0.25) is 0 Å². The second-order valence-electron chi connectivity index (χ2n) is 9.57. The second-order valence-corrected chi connectivity index (χ2v) is 9.57. The molecule has 1 saturated carbocycles. The van der Waals surface area contributed by atoms with E-state index < -0.39 is 0 Å². The standard InChI is InChI=1S/C26H31N5O3/c32-25-17-34-22-13-19(12-20(14-22)31-9-7-30(8-10-31)16-18-2-3-18)26-23-15-21(33-11-1-6-27-25)4-5-24(23)28-29-26/h4-5,12-15,18H,1-3,6-11,16-17H2,(H,27,32)(H,28,29). The van der Waals surface area contributed by atoms with Gasteiger partial charge in [0.15, 0.2) is 6.61 Å². The summed E-state index contributed by atoms with van der Waals surface area (Å²) < 4.78 is 11.9. The van der Waals surface area contributed by atoms with Crippen LogP contribution in [0.25, 0.3) is 22.2 Å². The molecule has 0 spiro atoms. The molecule has 3 aliphatic rings. The first-order valence-electron chi connectivity index (χ1n) is 12.3. The molecule has 1 aromatic heterocycles. The van der Waals surface area contributed by atoms with E-state index in [0.29, 0.717) is 18.9 Å². The van der Waals surface area contributed by atoms with E-state index in [2.05, 4.69) is 37.4 Å². The van der Waals surface area contributed by atoms with Crippen molar-refractivity contribution in [2.24, 2.45) is 5.92 Å². The number of benzene rings is 2. The summed E-state index contributed by atoms with van der Waals surface area (Å²) in [5.41, 5.74) is 3.89. The zero-order chi connectivity index (χ0) is 22.9. The van der Waals surface area contributed by atoms with Gasteiger partial charge in [-0.3, -0.25) is 14.8 Å². The fraction of sp³-hybridized carbons (Fsp3) is 0.462. The Hall–Kier alpha value is -3.26. The van der Waals surface area contributed by atoms with E-state index in [1.54, 1.807) is 0 Å². The number of anilines is 1. The third-order valence-electron chi connectivity index (χ3n) is 6.93. The molecule has 2 fully saturated rings. The Kier molecular flexibility index (Phi) is 5.74. The first-order chi connectivity index (χ1) is 16.7. The number of carbonyl (C=O) groups is 1. The lowest BCUT2D eigenvalue weighted by atomic mass is 10.1. The molecule has 8 nitrogen and oxygen atoms in total. The number of carbonyl (C=O) groups excluding carboxylic acids is 1. The van der Waals surface area contributed by atoms with Crippen molar-refractivity contribution in [1.29, 1.82) is 0 Å². The van der Waals surface area contributed by atoms with Crippen LogP contribution in [0.3, 0.4) is 0 Å². The Bertz CT molecular complexity index is 1180. The molecular formula is C26H31N5O3. The first kappa shape index (κ1) is 21.3. The SMILES string of the molecule is O=C1COc2cc(cc(N3CCN(CC4CC4)CC3)c2)-c2n[nH]c3ccc(cc23)OCCCN1. The molecule has 0 radical (unpaired) electrons. The van der Waals surface area contributed by atoms with Crippen molar-refractivity contribution in [3.05, 3.63) is 36.4 Å². The van der Waals surface area contributed by atoms with Gasteiger partial charge in [-0.15, -0.1) is 0 Å². The van der Waals surface area contributed by atoms with Crippen LogP contribution in [0.2, 0.25) is 0 Å². The van der Waals surface area contributed by atoms with Gasteiger partial charge in [-0.1, -0.05) is 0 Å². The molecule has 2 aromatic carbocycles. The van der Waals surface area contributed by atoms with Crippen molar-refractivity contribution in [3.63, 3.8) is 0 Å². The lowest BCUT2D eigenvalue weighted by molar-refractivity contribution is -0.123. The van der Waals surface area contributed by atoms with E-state index in [9.17, 15) is 4.79 Å². The van der Waals surface area contributed by atoms with E-state index in [0.717, 1.165) is 72.1 Å². The highest BCUT2D eigenvalue weighted by Gasteiger charge is 2.27. The number of hydrogen-bond donors (Lipinski definition) is 2. The minimum absolute atomic E-state index is 0.0113. The summed E-state index contributed by atoms with van der Waals surface area (Å²) in [5, 5.41) is 11.7. The van der Waals surface area contributed by atoms with Crippen LogP contribution in [-0.2, 0) is 4.79 Å². The highest BCUT2D eigenvalue weighted by atomic mass is 16.5. The zero-order valence-corrected chi connectivity index (χ0v) is 19.4. The molecule has 0 unspecified atom stereocenters. The Morgan fingerprint density at radius 1 is 1.00 bits per heavy atom. The summed E-state index contributed by atoms with van der Waals surface area (Å²) in [7, 11) is 0. The summed E-state index contributed by atoms with van der Waals surface area (Å²) in [5.74, 6) is 2.27. The second kappa shape index (κ2) is 9.18. The largest absolute Gasteiger partial charge is 0.494 e. The van der Waals surface area contributed by atoms with Crippen molar-refractivity contribution in [2.45, 2.75) is 19.3 Å². The number of amides is 1. The lowest BCUT2D eigenvalue weighted by Gasteiger charge is -2.36. The molecule has 1 saturated heterocycles. The number of rotatable bonds is 3. The fourth-order valence-corrected chi connectivity index (χ4v) is 4.83. The Morgan fingerprint density at radius 2 is 1.88 bits per heavy atom. The quantitative estimate of drug-likeness (QED) is 0.624. The first-order valence-corrected chi connectivity index (χ1v) is 12.3. The van der Waals surface area contributed by atoms with Gasteiger partial charge in [-0.2, -0.15) is 5.10 Å². The maximum absolute atomic E-state index is 12.3. The summed E-state index contributed by atoms with van der Waals surface area (Å²) >= 11 is 0. The van der Waals surface area contributed by atoms with Crippen molar-refractivity contribution in [2.75, 3.05) is 57.4 Å². The summed E-state index contributed by atoms with van der Waals surface area (Å²) in [6.45, 7) is 6.42. The van der Waals surface area contributed by atoms with Crippen LogP contribution in [0.4, 0.5) is 5.69 Å². The maximum Gasteiger partial charge on any atom is 0.257 e. The van der Waals surface area contributed by atoms with Crippen molar-refractivity contribution < 1.29 is 14.3 Å². The van der Waals surface area contributed by atoms with Gasteiger partial charge in [0.25, 0.3) is 5.91 Å². The molecule has 6 rings (SSSR count). The van der Waals surface area contributed by atoms with Crippen LogP contribution < -0.4 is 19.7 Å². The summed E-state index contributed by atoms with van der Waals surface area (Å²) in [6.07, 6.45) is 3.51. The van der Waals surface area contributed by atoms with Gasteiger partial charge in [-0.25, -0.2) is 0 Å². The van der Waals surface area contributed by atoms with Crippen LogP contribution >= 0.6 is 0 Å². The van der Waals surface area contributed by atoms with Gasteiger partial charge in [0.1, 0.15) is 17.2 Å². The van der Waals surface area contributed by atoms with E-state index in [1.807, 2.05) is 24.3 Å². The Balaban J connectivity index is 1.34. The highest BCUT2D eigenvalue weighted by molar-refractivity contribution is 5.94. The molecular weight excluding hydrogens is 430 g/mol. The lowest BCUT2D eigenvalue weighted by Crippen LogP contribution is -2.47. The number of hydrogen-bond acceptors (Lipinski definition) is 6. The predicted molar refractivity (Wildman–Crippen MR) is 132 cm³/mol. The number of piperazine rings is 1. The number of nitrogens with one attached hydrogen (secondary N) is 2. The minimum atomic E-state index is -0.127. The van der Waals surface area contributed by atoms with Gasteiger partial charge >= 0.3 is 0 Å². The number of H-pyrrole nitrogens is 1. The van der Waals surface area contributed by atoms with Crippen LogP contribution in [0.1, 0.15) is 19.3 Å². The number of fused-ring (bicyclic) bond motifs is 4. The molecule has 4 bridgehead atoms. The van der Waals surface area contributed by atoms with Gasteiger partial charge < -0.3 is 19.7 Å². The van der Waals surface area contributed by atoms with Gasteiger partial charge in [0, 0.05) is 62.0 Å². The highest BCUT2D eigenvalue weighted by Crippen LogP contribution is 2.35. The Labute approximate surface area is 199 Å². The molecule has 3 heterocycles. The Morgan fingerprint density at radius 3 is 2.74 bits per heavy atom. The molecule has 1 aliphatic carbocycles. The maximum atomic E-state index is 12.3. The molecule has 178 valence electrons. The summed E-state index contributed by atoms with van der Waals surface area (Å²) in [6, 6.07) is 12.2. The van der Waals surface area contributed by atoms with Crippen molar-refractivity contribution in [3.8, 4) is 22.8 Å². The molecule has 34 heavy (non-hydrogen) atoms. The molecule has 0 atom stereocenters. The predicted octanol–water partition coefficient (Wildman–Crippen LogP) is 3.04. The average Bonchev–Trinajstić information content (AvgIpc) is 3.57. The normalized spacial score (nSPS) is 19.8. The topological polar surface area (TPSA) is 82.7 Å². The van der Waals surface area contributed by atoms with E-state index in [-0.39, 0.29) is 12.5 Å². The average molecular weight is 462 g/mol. The van der Waals surface area contributed by atoms with Gasteiger partial charge in [0.05, 0.1) is 12.1 Å². The van der Waals surface area contributed by atoms with E-state index in [4.69, 9.17) is 9.47 Å². The third kappa shape index (κ3) is 4.68. The van der Waals surface area contributed by atoms with Crippen molar-refractivity contribution >= 4 is 22.5 Å².